The van der Waals surface area contributed by atoms with Crippen molar-refractivity contribution < 1.29 is 32.8 Å². The van der Waals surface area contributed by atoms with Gasteiger partial charge in [0.15, 0.2) is 0 Å². The number of ether oxygens (including phenoxy) is 2. The lowest BCUT2D eigenvalue weighted by Gasteiger charge is -2.18. The van der Waals surface area contributed by atoms with Crippen LogP contribution in [0.5, 0.6) is 0 Å². The summed E-state index contributed by atoms with van der Waals surface area (Å²) in [7, 11) is -4.34. The van der Waals surface area contributed by atoms with Crippen LogP contribution in [0.1, 0.15) is 59.1 Å². The first kappa shape index (κ1) is 26.5. The fourth-order valence-corrected chi connectivity index (χ4v) is 4.10. The number of H-pyrrole nitrogens is 1. The molecular formula is C20H33N2O9P. The van der Waals surface area contributed by atoms with Gasteiger partial charge in [0, 0.05) is 18.2 Å². The SMILES string of the molecule is CCCCCOC(=O)C(C)CCOP(=O)(O)OC[C@@H]1C[C@H](C)[C@H](n2ccc(=O)[nH]c2=O)O1. The smallest absolute Gasteiger partial charge is 0.465 e. The molecule has 1 aliphatic heterocycles. The van der Waals surface area contributed by atoms with E-state index in [9.17, 15) is 23.8 Å². The number of hydrogen-bond acceptors (Lipinski definition) is 8. The highest BCUT2D eigenvalue weighted by Crippen LogP contribution is 2.45. The average Bonchev–Trinajstić information content (AvgIpc) is 3.10. The fraction of sp³-hybridized carbons (Fsp3) is 0.750. The van der Waals surface area contributed by atoms with Crippen molar-refractivity contribution in [1.29, 1.82) is 0 Å². The molecule has 5 atom stereocenters. The van der Waals surface area contributed by atoms with Crippen molar-refractivity contribution in [2.45, 2.75) is 65.2 Å². The third kappa shape index (κ3) is 8.29. The first-order valence-corrected chi connectivity index (χ1v) is 12.4. The Morgan fingerprint density at radius 2 is 2.09 bits per heavy atom. The van der Waals surface area contributed by atoms with Gasteiger partial charge < -0.3 is 14.4 Å². The molecule has 32 heavy (non-hydrogen) atoms. The quantitative estimate of drug-likeness (QED) is 0.249. The predicted octanol–water partition coefficient (Wildman–Crippen LogP) is 2.35. The summed E-state index contributed by atoms with van der Waals surface area (Å²) in [5, 5.41) is 0. The van der Waals surface area contributed by atoms with Crippen LogP contribution in [0.25, 0.3) is 0 Å². The van der Waals surface area contributed by atoms with Crippen molar-refractivity contribution in [2.24, 2.45) is 11.8 Å². The molecule has 2 heterocycles. The predicted molar refractivity (Wildman–Crippen MR) is 115 cm³/mol. The van der Waals surface area contributed by atoms with Crippen molar-refractivity contribution in [1.82, 2.24) is 9.55 Å². The Hall–Kier alpha value is -1.78. The van der Waals surface area contributed by atoms with E-state index in [2.05, 4.69) is 11.9 Å². The molecule has 182 valence electrons. The third-order valence-electron chi connectivity index (χ3n) is 5.20. The van der Waals surface area contributed by atoms with Crippen LogP contribution in [0.4, 0.5) is 0 Å². The lowest BCUT2D eigenvalue weighted by Crippen LogP contribution is -2.33. The highest BCUT2D eigenvalue weighted by atomic mass is 31.2. The number of nitrogens with zero attached hydrogens (tertiary/aromatic N) is 1. The highest BCUT2D eigenvalue weighted by Gasteiger charge is 2.36. The molecule has 0 aliphatic carbocycles. The molecule has 0 bridgehead atoms. The summed E-state index contributed by atoms with van der Waals surface area (Å²) in [5.41, 5.74) is -1.10. The number of rotatable bonds is 13. The van der Waals surface area contributed by atoms with Gasteiger partial charge in [0.1, 0.15) is 6.23 Å². The minimum atomic E-state index is -4.34. The molecular weight excluding hydrogens is 443 g/mol. The van der Waals surface area contributed by atoms with E-state index < -0.39 is 37.3 Å². The molecule has 0 radical (unpaired) electrons. The molecule has 2 N–H and O–H groups in total. The van der Waals surface area contributed by atoms with Gasteiger partial charge in [0.05, 0.1) is 31.8 Å². The Labute approximate surface area is 186 Å². The zero-order chi connectivity index (χ0) is 23.7. The van der Waals surface area contributed by atoms with Gasteiger partial charge in [-0.05, 0) is 19.3 Å². The molecule has 0 saturated carbocycles. The molecule has 1 aromatic rings. The Bertz CT molecular complexity index is 900. The first-order chi connectivity index (χ1) is 15.1. The van der Waals surface area contributed by atoms with E-state index in [0.29, 0.717) is 13.0 Å². The molecule has 1 saturated heterocycles. The number of aromatic nitrogens is 2. The molecule has 2 unspecified atom stereocenters. The molecule has 0 aromatic carbocycles. The largest absolute Gasteiger partial charge is 0.472 e. The average molecular weight is 476 g/mol. The van der Waals surface area contributed by atoms with Crippen molar-refractivity contribution in [3.63, 3.8) is 0 Å². The van der Waals surface area contributed by atoms with Gasteiger partial charge in [-0.15, -0.1) is 0 Å². The maximum atomic E-state index is 12.1. The molecule has 0 spiro atoms. The van der Waals surface area contributed by atoms with E-state index in [4.69, 9.17) is 18.5 Å². The number of esters is 1. The standard InChI is InChI=1S/C20H33N2O9P/c1-4-5-6-10-28-19(24)14(2)8-11-29-32(26,27)30-13-16-12-15(3)18(31-16)22-9-7-17(23)21-20(22)25/h7,9,14-16,18H,4-6,8,10-13H2,1-3H3,(H,26,27)(H,21,23,25)/t14?,15-,16-,18+/m0/s1. The minimum absolute atomic E-state index is 0.0876. The number of hydrogen-bond donors (Lipinski definition) is 2. The van der Waals surface area contributed by atoms with E-state index in [1.165, 1.54) is 16.8 Å². The van der Waals surface area contributed by atoms with Crippen LogP contribution in [0, 0.1) is 11.8 Å². The van der Waals surface area contributed by atoms with Crippen LogP contribution in [0.15, 0.2) is 21.9 Å². The van der Waals surface area contributed by atoms with Crippen LogP contribution >= 0.6 is 7.82 Å². The summed E-state index contributed by atoms with van der Waals surface area (Å²) in [6.45, 7) is 5.60. The zero-order valence-electron chi connectivity index (χ0n) is 18.7. The van der Waals surface area contributed by atoms with Crippen molar-refractivity contribution in [2.75, 3.05) is 19.8 Å². The van der Waals surface area contributed by atoms with E-state index in [1.807, 2.05) is 6.92 Å². The molecule has 2 rings (SSSR count). The molecule has 1 fully saturated rings. The topological polar surface area (TPSA) is 146 Å². The zero-order valence-corrected chi connectivity index (χ0v) is 19.6. The van der Waals surface area contributed by atoms with Crippen LogP contribution in [0.2, 0.25) is 0 Å². The van der Waals surface area contributed by atoms with Crippen LogP contribution in [-0.4, -0.2) is 46.3 Å². The van der Waals surface area contributed by atoms with E-state index in [0.717, 1.165) is 19.3 Å². The maximum absolute atomic E-state index is 12.1. The van der Waals surface area contributed by atoms with Gasteiger partial charge in [0.2, 0.25) is 0 Å². The van der Waals surface area contributed by atoms with Gasteiger partial charge >= 0.3 is 19.5 Å². The van der Waals surface area contributed by atoms with Crippen molar-refractivity contribution in [3.05, 3.63) is 33.1 Å². The third-order valence-corrected chi connectivity index (χ3v) is 6.19. The fourth-order valence-electron chi connectivity index (χ4n) is 3.34. The minimum Gasteiger partial charge on any atom is -0.465 e. The molecule has 0 amide bonds. The number of phosphoric acid groups is 1. The van der Waals surface area contributed by atoms with Gasteiger partial charge in [0.25, 0.3) is 5.56 Å². The summed E-state index contributed by atoms with van der Waals surface area (Å²) in [6, 6.07) is 1.22. The van der Waals surface area contributed by atoms with Crippen molar-refractivity contribution >= 4 is 13.8 Å². The second-order valence-electron chi connectivity index (χ2n) is 8.04. The number of unbranched alkanes of at least 4 members (excludes halogenated alkanes) is 2. The van der Waals surface area contributed by atoms with E-state index in [-0.39, 0.29) is 31.5 Å². The van der Waals surface area contributed by atoms with E-state index in [1.54, 1.807) is 6.92 Å². The molecule has 1 aliphatic rings. The summed E-state index contributed by atoms with van der Waals surface area (Å²) in [6.07, 6.45) is 3.72. The Morgan fingerprint density at radius 1 is 1.34 bits per heavy atom. The first-order valence-electron chi connectivity index (χ1n) is 10.9. The van der Waals surface area contributed by atoms with Gasteiger partial charge in [-0.2, -0.15) is 0 Å². The monoisotopic (exact) mass is 476 g/mol. The second kappa shape index (κ2) is 12.5. The van der Waals surface area contributed by atoms with Crippen LogP contribution in [0.3, 0.4) is 0 Å². The van der Waals surface area contributed by atoms with Gasteiger partial charge in [-0.25, -0.2) is 9.36 Å². The number of phosphoric ester groups is 1. The summed E-state index contributed by atoms with van der Waals surface area (Å²) in [4.78, 5) is 47.1. The lowest BCUT2D eigenvalue weighted by atomic mass is 10.1. The van der Waals surface area contributed by atoms with Gasteiger partial charge in [-0.1, -0.05) is 33.6 Å². The number of carbonyl (C=O) groups excluding carboxylic acids is 1. The lowest BCUT2D eigenvalue weighted by molar-refractivity contribution is -0.148. The molecule has 1 aromatic heterocycles. The number of nitrogens with one attached hydrogen (secondary N) is 1. The Morgan fingerprint density at radius 3 is 2.78 bits per heavy atom. The summed E-state index contributed by atoms with van der Waals surface area (Å²) >= 11 is 0. The summed E-state index contributed by atoms with van der Waals surface area (Å²) in [5.74, 6) is -0.919. The van der Waals surface area contributed by atoms with Crippen molar-refractivity contribution in [3.8, 4) is 0 Å². The van der Waals surface area contributed by atoms with Crippen LogP contribution in [-0.2, 0) is 27.9 Å². The number of aromatic amines is 1. The normalized spacial score (nSPS) is 23.6. The van der Waals surface area contributed by atoms with E-state index >= 15 is 0 Å². The second-order valence-corrected chi connectivity index (χ2v) is 9.49. The molecule has 12 heteroatoms. The summed E-state index contributed by atoms with van der Waals surface area (Å²) < 4.78 is 34.3. The molecule has 11 nitrogen and oxygen atoms in total. The van der Waals surface area contributed by atoms with Crippen LogP contribution < -0.4 is 11.2 Å². The Kier molecular flexibility index (Phi) is 10.3. The highest BCUT2D eigenvalue weighted by molar-refractivity contribution is 7.47. The Balaban J connectivity index is 1.74. The maximum Gasteiger partial charge on any atom is 0.472 e. The number of carbonyl (C=O) groups is 1. The van der Waals surface area contributed by atoms with Gasteiger partial charge in [-0.3, -0.25) is 28.2 Å².